The molecule has 6 heteroatoms. The molecular formula is C22H30N4O2. The Morgan fingerprint density at radius 3 is 2.54 bits per heavy atom. The highest BCUT2D eigenvalue weighted by Gasteiger charge is 2.20. The van der Waals surface area contributed by atoms with Gasteiger partial charge in [0.2, 0.25) is 0 Å². The zero-order valence-electron chi connectivity index (χ0n) is 16.9. The Balaban J connectivity index is 1.35. The number of hydrogen-bond donors (Lipinski definition) is 0. The summed E-state index contributed by atoms with van der Waals surface area (Å²) in [6.45, 7) is 7.50. The average Bonchev–Trinajstić information content (AvgIpc) is 2.73. The van der Waals surface area contributed by atoms with Gasteiger partial charge in [0.05, 0.1) is 18.5 Å². The SMILES string of the molecule is CCCON=Cc1ccc(OCCC2CCN(c3ccc(C)nn3)CC2)cc1. The first-order valence-electron chi connectivity index (χ1n) is 10.2. The Labute approximate surface area is 167 Å². The van der Waals surface area contributed by atoms with E-state index >= 15 is 0 Å². The van der Waals surface area contributed by atoms with E-state index in [1.807, 2.05) is 37.3 Å². The average molecular weight is 383 g/mol. The van der Waals surface area contributed by atoms with Crippen LogP contribution in [0.25, 0.3) is 0 Å². The number of ether oxygens (including phenoxy) is 1. The molecule has 1 saturated heterocycles. The van der Waals surface area contributed by atoms with Gasteiger partial charge in [0.15, 0.2) is 5.82 Å². The quantitative estimate of drug-likeness (QED) is 0.369. The minimum absolute atomic E-state index is 0.648. The maximum absolute atomic E-state index is 5.92. The van der Waals surface area contributed by atoms with E-state index in [-0.39, 0.29) is 0 Å². The second kappa shape index (κ2) is 10.6. The predicted octanol–water partition coefficient (Wildman–Crippen LogP) is 4.23. The van der Waals surface area contributed by atoms with Gasteiger partial charge in [0, 0.05) is 13.1 Å². The van der Waals surface area contributed by atoms with Gasteiger partial charge in [-0.3, -0.25) is 0 Å². The van der Waals surface area contributed by atoms with E-state index in [9.17, 15) is 0 Å². The van der Waals surface area contributed by atoms with Crippen LogP contribution in [0.3, 0.4) is 0 Å². The summed E-state index contributed by atoms with van der Waals surface area (Å²) in [6, 6.07) is 12.1. The monoisotopic (exact) mass is 382 g/mol. The minimum Gasteiger partial charge on any atom is -0.494 e. The zero-order chi connectivity index (χ0) is 19.6. The first-order chi connectivity index (χ1) is 13.7. The molecule has 1 fully saturated rings. The number of rotatable bonds is 9. The molecule has 1 aromatic carbocycles. The van der Waals surface area contributed by atoms with Crippen LogP contribution in [0.5, 0.6) is 5.75 Å². The van der Waals surface area contributed by atoms with Crippen LogP contribution >= 0.6 is 0 Å². The third kappa shape index (κ3) is 6.22. The van der Waals surface area contributed by atoms with Crippen molar-refractivity contribution in [2.24, 2.45) is 11.1 Å². The normalized spacial score (nSPS) is 15.1. The smallest absolute Gasteiger partial charge is 0.151 e. The van der Waals surface area contributed by atoms with Gasteiger partial charge < -0.3 is 14.5 Å². The number of hydrogen-bond acceptors (Lipinski definition) is 6. The van der Waals surface area contributed by atoms with Crippen molar-refractivity contribution >= 4 is 12.0 Å². The molecule has 2 aromatic rings. The van der Waals surface area contributed by atoms with E-state index in [1.165, 1.54) is 12.8 Å². The molecule has 0 radical (unpaired) electrons. The van der Waals surface area contributed by atoms with Gasteiger partial charge in [-0.05, 0) is 80.5 Å². The van der Waals surface area contributed by atoms with Gasteiger partial charge in [0.1, 0.15) is 12.4 Å². The van der Waals surface area contributed by atoms with Crippen molar-refractivity contribution in [2.45, 2.75) is 39.5 Å². The predicted molar refractivity (Wildman–Crippen MR) is 112 cm³/mol. The van der Waals surface area contributed by atoms with Crippen molar-refractivity contribution in [1.82, 2.24) is 10.2 Å². The van der Waals surface area contributed by atoms with Gasteiger partial charge in [-0.1, -0.05) is 12.1 Å². The summed E-state index contributed by atoms with van der Waals surface area (Å²) < 4.78 is 5.92. The van der Waals surface area contributed by atoms with Gasteiger partial charge in [-0.15, -0.1) is 5.10 Å². The lowest BCUT2D eigenvalue weighted by atomic mass is 9.94. The number of aromatic nitrogens is 2. The summed E-state index contributed by atoms with van der Waals surface area (Å²) in [5, 5.41) is 12.4. The molecule has 1 aliphatic heterocycles. The molecular weight excluding hydrogens is 352 g/mol. The molecule has 2 heterocycles. The molecule has 150 valence electrons. The van der Waals surface area contributed by atoms with Crippen LogP contribution in [0, 0.1) is 12.8 Å². The lowest BCUT2D eigenvalue weighted by Crippen LogP contribution is -2.34. The summed E-state index contributed by atoms with van der Waals surface area (Å²) >= 11 is 0. The number of benzene rings is 1. The molecule has 0 bridgehead atoms. The second-order valence-corrected chi connectivity index (χ2v) is 7.24. The Morgan fingerprint density at radius 1 is 1.07 bits per heavy atom. The van der Waals surface area contributed by atoms with Gasteiger partial charge in [-0.2, -0.15) is 5.10 Å². The number of nitrogens with zero attached hydrogens (tertiary/aromatic N) is 4. The van der Waals surface area contributed by atoms with Crippen molar-refractivity contribution in [3.63, 3.8) is 0 Å². The molecule has 0 unspecified atom stereocenters. The summed E-state index contributed by atoms with van der Waals surface area (Å²) in [5.41, 5.74) is 1.97. The fourth-order valence-corrected chi connectivity index (χ4v) is 3.25. The highest BCUT2D eigenvalue weighted by molar-refractivity contribution is 5.79. The van der Waals surface area contributed by atoms with Crippen LogP contribution in [0.4, 0.5) is 5.82 Å². The van der Waals surface area contributed by atoms with E-state index in [2.05, 4.69) is 33.2 Å². The summed E-state index contributed by atoms with van der Waals surface area (Å²) in [4.78, 5) is 7.45. The largest absolute Gasteiger partial charge is 0.494 e. The first-order valence-corrected chi connectivity index (χ1v) is 10.2. The second-order valence-electron chi connectivity index (χ2n) is 7.24. The molecule has 3 rings (SSSR count). The molecule has 0 saturated carbocycles. The van der Waals surface area contributed by atoms with E-state index < -0.39 is 0 Å². The van der Waals surface area contributed by atoms with Crippen molar-refractivity contribution in [3.8, 4) is 5.75 Å². The zero-order valence-corrected chi connectivity index (χ0v) is 16.9. The minimum atomic E-state index is 0.648. The highest BCUT2D eigenvalue weighted by Crippen LogP contribution is 2.24. The van der Waals surface area contributed by atoms with Crippen LogP contribution in [0.1, 0.15) is 43.9 Å². The van der Waals surface area contributed by atoms with Gasteiger partial charge >= 0.3 is 0 Å². The van der Waals surface area contributed by atoms with Crippen LogP contribution in [0.15, 0.2) is 41.6 Å². The third-order valence-corrected chi connectivity index (χ3v) is 4.97. The third-order valence-electron chi connectivity index (χ3n) is 4.97. The maximum atomic E-state index is 5.92. The van der Waals surface area contributed by atoms with Crippen LogP contribution in [0.2, 0.25) is 0 Å². The van der Waals surface area contributed by atoms with Crippen molar-refractivity contribution in [1.29, 1.82) is 0 Å². The van der Waals surface area contributed by atoms with Crippen molar-refractivity contribution < 1.29 is 9.57 Å². The summed E-state index contributed by atoms with van der Waals surface area (Å²) in [6.07, 6.45) is 6.12. The topological polar surface area (TPSA) is 59.8 Å². The molecule has 6 nitrogen and oxygen atoms in total. The van der Waals surface area contributed by atoms with Crippen molar-refractivity contribution in [3.05, 3.63) is 47.7 Å². The summed E-state index contributed by atoms with van der Waals surface area (Å²) in [7, 11) is 0. The number of aryl methyl sites for hydroxylation is 1. The van der Waals surface area contributed by atoms with Crippen LogP contribution in [-0.4, -0.2) is 42.7 Å². The Morgan fingerprint density at radius 2 is 1.86 bits per heavy atom. The van der Waals surface area contributed by atoms with E-state index in [4.69, 9.17) is 9.57 Å². The number of oxime groups is 1. The standard InChI is InChI=1S/C22H30N4O2/c1-3-15-28-23-17-20-5-7-21(8-6-20)27-16-12-19-10-13-26(14-11-19)22-9-4-18(2)24-25-22/h4-9,17,19H,3,10-16H2,1-2H3. The Hall–Kier alpha value is -2.63. The van der Waals surface area contributed by atoms with E-state index in [1.54, 1.807) is 6.21 Å². The number of anilines is 1. The van der Waals surface area contributed by atoms with Crippen molar-refractivity contribution in [2.75, 3.05) is 31.2 Å². The Bertz CT molecular complexity index is 723. The molecule has 0 amide bonds. The Kier molecular flexibility index (Phi) is 7.64. The molecule has 28 heavy (non-hydrogen) atoms. The fourth-order valence-electron chi connectivity index (χ4n) is 3.25. The van der Waals surface area contributed by atoms with Crippen LogP contribution < -0.4 is 9.64 Å². The molecule has 0 spiro atoms. The maximum Gasteiger partial charge on any atom is 0.151 e. The number of piperidine rings is 1. The van der Waals surface area contributed by atoms with Crippen LogP contribution in [-0.2, 0) is 4.84 Å². The molecule has 0 atom stereocenters. The van der Waals surface area contributed by atoms with Gasteiger partial charge in [-0.25, -0.2) is 0 Å². The molecule has 0 aliphatic carbocycles. The summed E-state index contributed by atoms with van der Waals surface area (Å²) in [5.74, 6) is 2.60. The lowest BCUT2D eigenvalue weighted by molar-refractivity contribution is 0.146. The molecule has 0 N–H and O–H groups in total. The first kappa shape index (κ1) is 20.1. The lowest BCUT2D eigenvalue weighted by Gasteiger charge is -2.32. The highest BCUT2D eigenvalue weighted by atomic mass is 16.6. The molecule has 1 aromatic heterocycles. The fraction of sp³-hybridized carbons (Fsp3) is 0.500. The molecule has 1 aliphatic rings. The van der Waals surface area contributed by atoms with Gasteiger partial charge in [0.25, 0.3) is 0 Å². The van der Waals surface area contributed by atoms with E-state index in [0.29, 0.717) is 12.5 Å². The van der Waals surface area contributed by atoms with E-state index in [0.717, 1.165) is 55.4 Å².